The van der Waals surface area contributed by atoms with Crippen molar-refractivity contribution in [3.63, 3.8) is 0 Å². The lowest BCUT2D eigenvalue weighted by atomic mass is 10.1. The predicted molar refractivity (Wildman–Crippen MR) is 181 cm³/mol. The molecule has 0 saturated carbocycles. The number of pyridine rings is 2. The summed E-state index contributed by atoms with van der Waals surface area (Å²) >= 11 is 0. The van der Waals surface area contributed by atoms with Crippen molar-refractivity contribution in [2.75, 3.05) is 31.9 Å². The van der Waals surface area contributed by atoms with E-state index in [0.717, 1.165) is 16.8 Å². The van der Waals surface area contributed by atoms with Gasteiger partial charge in [-0.05, 0) is 66.2 Å². The highest BCUT2D eigenvalue weighted by atomic mass is 16.3. The van der Waals surface area contributed by atoms with Gasteiger partial charge in [-0.15, -0.1) is 0 Å². The van der Waals surface area contributed by atoms with E-state index in [0.29, 0.717) is 84.2 Å². The number of benzene rings is 3. The number of carbonyl (C=O) groups excluding carboxylic acids is 2. The fourth-order valence-corrected chi connectivity index (χ4v) is 6.03. The van der Waals surface area contributed by atoms with E-state index in [-0.39, 0.29) is 17.2 Å². The van der Waals surface area contributed by atoms with Crippen LogP contribution in [-0.4, -0.2) is 72.8 Å². The third-order valence-electron chi connectivity index (χ3n) is 8.57. The first-order valence-electron chi connectivity index (χ1n) is 15.4. The maximum absolute atomic E-state index is 13.0. The topological polar surface area (TPSA) is 154 Å². The number of amides is 1. The molecule has 1 saturated heterocycles. The zero-order valence-electron chi connectivity index (χ0n) is 25.8. The quantitative estimate of drug-likeness (QED) is 0.229. The van der Waals surface area contributed by atoms with Crippen molar-refractivity contribution in [3.05, 3.63) is 119 Å². The second-order valence-corrected chi connectivity index (χ2v) is 11.5. The number of nitrogen functional groups attached to an aromatic ring is 1. The number of phenols is 1. The highest BCUT2D eigenvalue weighted by Gasteiger charge is 2.24. The summed E-state index contributed by atoms with van der Waals surface area (Å²) in [5.41, 5.74) is 12.7. The molecule has 3 aromatic heterocycles. The third-order valence-corrected chi connectivity index (χ3v) is 8.57. The van der Waals surface area contributed by atoms with Crippen molar-refractivity contribution >= 4 is 29.2 Å². The molecule has 0 atom stereocenters. The average Bonchev–Trinajstić information content (AvgIpc) is 3.51. The maximum Gasteiger partial charge on any atom is 0.253 e. The molecule has 1 fully saturated rings. The minimum atomic E-state index is -0.160. The number of carbonyl (C=O) groups is 2. The molecule has 11 heteroatoms. The summed E-state index contributed by atoms with van der Waals surface area (Å²) in [6.45, 7) is 3.19. The number of aromatic hydroxyl groups is 1. The summed E-state index contributed by atoms with van der Waals surface area (Å²) in [7, 11) is 0. The number of hydrogen-bond acceptors (Lipinski definition) is 9. The number of anilines is 1. The first-order valence-corrected chi connectivity index (χ1v) is 15.4. The fraction of sp³-hybridized carbons (Fsp3) is 0.135. The number of imidazole rings is 1. The van der Waals surface area contributed by atoms with Crippen LogP contribution in [0, 0.1) is 11.3 Å². The summed E-state index contributed by atoms with van der Waals surface area (Å²) < 4.78 is 1.97. The smallest absolute Gasteiger partial charge is 0.253 e. The van der Waals surface area contributed by atoms with E-state index >= 15 is 0 Å². The van der Waals surface area contributed by atoms with Crippen molar-refractivity contribution in [2.24, 2.45) is 0 Å². The number of rotatable bonds is 7. The molecule has 11 nitrogen and oxygen atoms in total. The van der Waals surface area contributed by atoms with Crippen LogP contribution in [0.3, 0.4) is 0 Å². The summed E-state index contributed by atoms with van der Waals surface area (Å²) in [6, 6.07) is 29.6. The van der Waals surface area contributed by atoms with Crippen molar-refractivity contribution < 1.29 is 14.7 Å². The Morgan fingerprint density at radius 1 is 0.917 bits per heavy atom. The van der Waals surface area contributed by atoms with Crippen LogP contribution in [0.25, 0.3) is 39.5 Å². The van der Waals surface area contributed by atoms with Gasteiger partial charge in [-0.2, -0.15) is 5.26 Å². The number of aromatic nitrogens is 4. The minimum absolute atomic E-state index is 0.100. The molecule has 1 amide bonds. The molecule has 0 unspecified atom stereocenters. The molecule has 0 radical (unpaired) electrons. The predicted octanol–water partition coefficient (Wildman–Crippen LogP) is 5.08. The molecule has 6 aromatic rings. The van der Waals surface area contributed by atoms with Gasteiger partial charge in [0.25, 0.3) is 5.91 Å². The highest BCUT2D eigenvalue weighted by molar-refractivity contribution is 5.96. The molecule has 4 heterocycles. The van der Waals surface area contributed by atoms with E-state index in [4.69, 9.17) is 15.7 Å². The Labute approximate surface area is 276 Å². The van der Waals surface area contributed by atoms with Crippen LogP contribution in [0.15, 0.2) is 97.2 Å². The Bertz CT molecular complexity index is 2210. The number of nitriles is 1. The van der Waals surface area contributed by atoms with Gasteiger partial charge in [0.2, 0.25) is 0 Å². The maximum atomic E-state index is 13.0. The SMILES string of the molecule is N#Cc1ccccc1-c1ccc2nc(-c3cccnc3N)n(-c3ccc(CN4CCN(C(=O)c5ccc(O)c(C=O)c5)CC4)cc3)c2n1. The zero-order chi connectivity index (χ0) is 33.2. The lowest BCUT2D eigenvalue weighted by Gasteiger charge is -2.35. The molecule has 236 valence electrons. The Morgan fingerprint density at radius 3 is 2.44 bits per heavy atom. The standard InChI is InChI=1S/C37H30N8O3/c38-21-26-4-1-2-5-29(26)31-12-13-32-36(41-31)45(35(42-32)30-6-3-15-40-34(30)39)28-10-7-24(8-11-28)22-43-16-18-44(19-17-43)37(48)25-9-14-33(47)27(20-25)23-46/h1-15,20,23,47H,16-19,22H2,(H2,39,40). The van der Waals surface area contributed by atoms with E-state index in [2.05, 4.69) is 28.1 Å². The highest BCUT2D eigenvalue weighted by Crippen LogP contribution is 2.32. The van der Waals surface area contributed by atoms with Gasteiger partial charge in [0, 0.05) is 55.7 Å². The molecule has 3 N–H and O–H groups in total. The van der Waals surface area contributed by atoms with Gasteiger partial charge in [0.15, 0.2) is 17.8 Å². The molecule has 48 heavy (non-hydrogen) atoms. The number of aldehydes is 1. The second-order valence-electron chi connectivity index (χ2n) is 11.5. The molecular weight excluding hydrogens is 604 g/mol. The Morgan fingerprint density at radius 2 is 1.69 bits per heavy atom. The van der Waals surface area contributed by atoms with E-state index in [1.807, 2.05) is 59.2 Å². The monoisotopic (exact) mass is 634 g/mol. The molecule has 1 aliphatic rings. The van der Waals surface area contributed by atoms with Crippen LogP contribution >= 0.6 is 0 Å². The minimum Gasteiger partial charge on any atom is -0.507 e. The molecule has 0 aliphatic carbocycles. The number of hydrogen-bond donors (Lipinski definition) is 2. The number of piperazine rings is 1. The van der Waals surface area contributed by atoms with Crippen molar-refractivity contribution in [3.8, 4) is 40.2 Å². The van der Waals surface area contributed by atoms with E-state index in [1.165, 1.54) is 18.2 Å². The molecule has 0 bridgehead atoms. The molecular formula is C37H30N8O3. The van der Waals surface area contributed by atoms with Crippen molar-refractivity contribution in [1.82, 2.24) is 29.3 Å². The van der Waals surface area contributed by atoms with Gasteiger partial charge < -0.3 is 15.7 Å². The van der Waals surface area contributed by atoms with Crippen LogP contribution in [0.1, 0.15) is 31.8 Å². The first kappa shape index (κ1) is 30.3. The summed E-state index contributed by atoms with van der Waals surface area (Å²) in [5, 5.41) is 19.5. The Hall–Kier alpha value is -6.38. The number of phenolic OH excluding ortho intramolecular Hbond substituents is 1. The van der Waals surface area contributed by atoms with Crippen LogP contribution in [0.4, 0.5) is 5.82 Å². The molecule has 0 spiro atoms. The first-order chi connectivity index (χ1) is 23.4. The van der Waals surface area contributed by atoms with Gasteiger partial charge in [0.1, 0.15) is 17.1 Å². The number of nitrogens with zero attached hydrogens (tertiary/aromatic N) is 7. The van der Waals surface area contributed by atoms with Crippen LogP contribution in [0.5, 0.6) is 5.75 Å². The third kappa shape index (κ3) is 5.72. The van der Waals surface area contributed by atoms with E-state index in [1.54, 1.807) is 17.2 Å². The summed E-state index contributed by atoms with van der Waals surface area (Å²) in [5.74, 6) is 0.662. The second kappa shape index (κ2) is 12.8. The normalized spacial score (nSPS) is 13.4. The fourth-order valence-electron chi connectivity index (χ4n) is 6.03. The van der Waals surface area contributed by atoms with Crippen LogP contribution in [0.2, 0.25) is 0 Å². The Kier molecular flexibility index (Phi) is 8.07. The molecule has 3 aromatic carbocycles. The van der Waals surface area contributed by atoms with Gasteiger partial charge in [-0.25, -0.2) is 15.0 Å². The van der Waals surface area contributed by atoms with Crippen molar-refractivity contribution in [1.29, 1.82) is 5.26 Å². The summed E-state index contributed by atoms with van der Waals surface area (Å²) in [4.78, 5) is 42.5. The number of fused-ring (bicyclic) bond motifs is 1. The van der Waals surface area contributed by atoms with Crippen LogP contribution < -0.4 is 5.73 Å². The lowest BCUT2D eigenvalue weighted by Crippen LogP contribution is -2.48. The lowest BCUT2D eigenvalue weighted by molar-refractivity contribution is 0.0628. The Balaban J connectivity index is 1.14. The zero-order valence-corrected chi connectivity index (χ0v) is 25.8. The van der Waals surface area contributed by atoms with Gasteiger partial charge >= 0.3 is 0 Å². The summed E-state index contributed by atoms with van der Waals surface area (Å²) in [6.07, 6.45) is 2.19. The van der Waals surface area contributed by atoms with Crippen molar-refractivity contribution in [2.45, 2.75) is 6.54 Å². The van der Waals surface area contributed by atoms with Crippen LogP contribution in [-0.2, 0) is 6.54 Å². The van der Waals surface area contributed by atoms with Gasteiger partial charge in [0.05, 0.1) is 28.5 Å². The molecule has 7 rings (SSSR count). The van der Waals surface area contributed by atoms with Gasteiger partial charge in [-0.1, -0.05) is 30.3 Å². The average molecular weight is 635 g/mol. The number of nitrogens with two attached hydrogens (primary N) is 1. The van der Waals surface area contributed by atoms with Gasteiger partial charge in [-0.3, -0.25) is 19.1 Å². The molecule has 1 aliphatic heterocycles. The largest absolute Gasteiger partial charge is 0.507 e. The van der Waals surface area contributed by atoms with E-state index < -0.39 is 0 Å². The van der Waals surface area contributed by atoms with E-state index in [9.17, 15) is 20.0 Å².